The number of thiazole rings is 1. The van der Waals surface area contributed by atoms with Crippen LogP contribution in [0.2, 0.25) is 0 Å². The van der Waals surface area contributed by atoms with E-state index in [-0.39, 0.29) is 6.54 Å². The smallest absolute Gasteiger partial charge is 0.254 e. The van der Waals surface area contributed by atoms with Crippen molar-refractivity contribution in [3.05, 3.63) is 64.2 Å². The Morgan fingerprint density at radius 3 is 2.57 bits per heavy atom. The van der Waals surface area contributed by atoms with E-state index in [0.717, 1.165) is 10.2 Å². The number of nitrogens with one attached hydrogen (secondary N) is 1. The highest BCUT2D eigenvalue weighted by Gasteiger charge is 2.23. The molecule has 1 amide bonds. The third-order valence-corrected chi connectivity index (χ3v) is 4.12. The van der Waals surface area contributed by atoms with Crippen molar-refractivity contribution < 1.29 is 22.4 Å². The summed E-state index contributed by atoms with van der Waals surface area (Å²) in [6.07, 6.45) is 0. The summed E-state index contributed by atoms with van der Waals surface area (Å²) in [5.74, 6) is -8.39. The minimum absolute atomic E-state index is 0.0434. The molecule has 0 aliphatic rings. The Morgan fingerprint density at radius 1 is 1.09 bits per heavy atom. The minimum atomic E-state index is -2.02. The maximum atomic E-state index is 13.5. The Morgan fingerprint density at radius 2 is 1.83 bits per heavy atom. The van der Waals surface area contributed by atoms with E-state index in [9.17, 15) is 22.4 Å². The van der Waals surface area contributed by atoms with Gasteiger partial charge in [0.2, 0.25) is 0 Å². The van der Waals surface area contributed by atoms with E-state index in [1.165, 1.54) is 11.3 Å². The number of fused-ring (bicyclic) bond motifs is 1. The van der Waals surface area contributed by atoms with Crippen LogP contribution in [0.3, 0.4) is 0 Å². The molecule has 0 fully saturated rings. The van der Waals surface area contributed by atoms with E-state index >= 15 is 0 Å². The highest BCUT2D eigenvalue weighted by atomic mass is 32.1. The maximum absolute atomic E-state index is 13.5. The fourth-order valence-electron chi connectivity index (χ4n) is 1.98. The summed E-state index contributed by atoms with van der Waals surface area (Å²) in [5, 5.41) is 2.85. The molecule has 8 heteroatoms. The van der Waals surface area contributed by atoms with E-state index in [1.807, 2.05) is 18.2 Å². The highest BCUT2D eigenvalue weighted by Crippen LogP contribution is 2.22. The van der Waals surface area contributed by atoms with Crippen LogP contribution in [0.4, 0.5) is 17.6 Å². The van der Waals surface area contributed by atoms with Gasteiger partial charge in [-0.05, 0) is 18.2 Å². The topological polar surface area (TPSA) is 42.0 Å². The van der Waals surface area contributed by atoms with Crippen molar-refractivity contribution in [3.63, 3.8) is 0 Å². The van der Waals surface area contributed by atoms with Crippen molar-refractivity contribution >= 4 is 27.5 Å². The fraction of sp³-hybridized carbons (Fsp3) is 0.0667. The van der Waals surface area contributed by atoms with Crippen LogP contribution >= 0.6 is 11.3 Å². The molecule has 0 radical (unpaired) electrons. The number of carbonyl (C=O) groups is 1. The van der Waals surface area contributed by atoms with Crippen LogP contribution in [-0.4, -0.2) is 10.9 Å². The maximum Gasteiger partial charge on any atom is 0.254 e. The molecule has 3 rings (SSSR count). The van der Waals surface area contributed by atoms with Crippen molar-refractivity contribution in [2.45, 2.75) is 6.54 Å². The molecule has 1 aromatic heterocycles. The van der Waals surface area contributed by atoms with Crippen molar-refractivity contribution in [1.29, 1.82) is 0 Å². The van der Waals surface area contributed by atoms with E-state index in [1.54, 1.807) is 6.07 Å². The predicted molar refractivity (Wildman–Crippen MR) is 77.1 cm³/mol. The molecule has 0 unspecified atom stereocenters. The average molecular weight is 340 g/mol. The van der Waals surface area contributed by atoms with Crippen LogP contribution in [0.1, 0.15) is 15.4 Å². The SMILES string of the molecule is O=C(NCc1nc2ccccc2s1)c1cc(F)c(F)c(F)c1F. The number of hydrogen-bond acceptors (Lipinski definition) is 3. The van der Waals surface area contributed by atoms with Gasteiger partial charge in [0.25, 0.3) is 5.91 Å². The van der Waals surface area contributed by atoms with E-state index in [2.05, 4.69) is 10.3 Å². The summed E-state index contributed by atoms with van der Waals surface area (Å²) >= 11 is 1.32. The van der Waals surface area contributed by atoms with Crippen LogP contribution in [0.15, 0.2) is 30.3 Å². The number of aromatic nitrogens is 1. The lowest BCUT2D eigenvalue weighted by molar-refractivity contribution is 0.0944. The van der Waals surface area contributed by atoms with Gasteiger partial charge < -0.3 is 5.32 Å². The first kappa shape index (κ1) is 15.4. The van der Waals surface area contributed by atoms with Gasteiger partial charge in [-0.3, -0.25) is 4.79 Å². The molecule has 0 atom stereocenters. The summed E-state index contributed by atoms with van der Waals surface area (Å²) in [6, 6.07) is 7.61. The molecule has 23 heavy (non-hydrogen) atoms. The van der Waals surface area contributed by atoms with E-state index in [0.29, 0.717) is 11.1 Å². The quantitative estimate of drug-likeness (QED) is 0.448. The standard InChI is InChI=1S/C15H8F4N2OS/c16-8-5-7(12(17)14(19)13(8)18)15(22)20-6-11-21-9-3-1-2-4-10(9)23-11/h1-5H,6H2,(H,20,22). The minimum Gasteiger partial charge on any atom is -0.345 e. The molecule has 0 saturated carbocycles. The molecule has 0 aliphatic heterocycles. The number of rotatable bonds is 3. The molecule has 3 nitrogen and oxygen atoms in total. The summed E-state index contributed by atoms with van der Waals surface area (Å²) in [4.78, 5) is 16.1. The lowest BCUT2D eigenvalue weighted by Crippen LogP contribution is -2.24. The Balaban J connectivity index is 1.79. The molecule has 0 spiro atoms. The fourth-order valence-corrected chi connectivity index (χ4v) is 2.89. The van der Waals surface area contributed by atoms with Gasteiger partial charge in [0.05, 0.1) is 22.3 Å². The van der Waals surface area contributed by atoms with Gasteiger partial charge in [-0.25, -0.2) is 22.5 Å². The largest absolute Gasteiger partial charge is 0.345 e. The second kappa shape index (κ2) is 5.96. The molecule has 3 aromatic rings. The molecule has 118 valence electrons. The third-order valence-electron chi connectivity index (χ3n) is 3.09. The van der Waals surface area contributed by atoms with Gasteiger partial charge in [0, 0.05) is 0 Å². The number of carbonyl (C=O) groups excluding carboxylic acids is 1. The number of amides is 1. The first-order chi connectivity index (χ1) is 11.0. The molecular formula is C15H8F4N2OS. The van der Waals surface area contributed by atoms with Crippen LogP contribution in [0.5, 0.6) is 0 Å². The van der Waals surface area contributed by atoms with Gasteiger partial charge in [0.1, 0.15) is 5.01 Å². The summed E-state index contributed by atoms with van der Waals surface area (Å²) in [6.45, 7) is -0.0434. The first-order valence-electron chi connectivity index (χ1n) is 6.43. The van der Waals surface area contributed by atoms with Gasteiger partial charge >= 0.3 is 0 Å². The van der Waals surface area contributed by atoms with Crippen LogP contribution < -0.4 is 5.32 Å². The van der Waals surface area contributed by atoms with Crippen LogP contribution in [0, 0.1) is 23.3 Å². The van der Waals surface area contributed by atoms with Gasteiger partial charge in [-0.1, -0.05) is 12.1 Å². The monoisotopic (exact) mass is 340 g/mol. The lowest BCUT2D eigenvalue weighted by Gasteiger charge is -2.06. The summed E-state index contributed by atoms with van der Waals surface area (Å²) in [5.41, 5.74) is -0.158. The second-order valence-corrected chi connectivity index (χ2v) is 5.72. The van der Waals surface area contributed by atoms with Gasteiger partial charge in [0.15, 0.2) is 23.3 Å². The molecule has 0 bridgehead atoms. The Kier molecular flexibility index (Phi) is 3.99. The molecular weight excluding hydrogens is 332 g/mol. The number of benzene rings is 2. The van der Waals surface area contributed by atoms with Crippen molar-refractivity contribution in [3.8, 4) is 0 Å². The average Bonchev–Trinajstić information content (AvgIpc) is 2.97. The second-order valence-electron chi connectivity index (χ2n) is 4.61. The Bertz CT molecular complexity index is 877. The highest BCUT2D eigenvalue weighted by molar-refractivity contribution is 7.18. The van der Waals surface area contributed by atoms with Crippen molar-refractivity contribution in [2.24, 2.45) is 0 Å². The first-order valence-corrected chi connectivity index (χ1v) is 7.24. The number of para-hydroxylation sites is 1. The van der Waals surface area contributed by atoms with Gasteiger partial charge in [-0.15, -0.1) is 11.3 Å². The zero-order chi connectivity index (χ0) is 16.6. The normalized spacial score (nSPS) is 11.0. The van der Waals surface area contributed by atoms with E-state index < -0.39 is 34.7 Å². The zero-order valence-corrected chi connectivity index (χ0v) is 12.2. The Hall–Kier alpha value is -2.48. The van der Waals surface area contributed by atoms with Gasteiger partial charge in [-0.2, -0.15) is 0 Å². The molecule has 1 N–H and O–H groups in total. The van der Waals surface area contributed by atoms with Crippen LogP contribution in [-0.2, 0) is 6.54 Å². The summed E-state index contributed by atoms with van der Waals surface area (Å²) in [7, 11) is 0. The third kappa shape index (κ3) is 2.89. The molecule has 1 heterocycles. The number of halogens is 4. The van der Waals surface area contributed by atoms with Crippen LogP contribution in [0.25, 0.3) is 10.2 Å². The number of nitrogens with zero attached hydrogens (tertiary/aromatic N) is 1. The van der Waals surface area contributed by atoms with Crippen molar-refractivity contribution in [2.75, 3.05) is 0 Å². The number of hydrogen-bond donors (Lipinski definition) is 1. The molecule has 2 aromatic carbocycles. The molecule has 0 saturated heterocycles. The molecule has 0 aliphatic carbocycles. The lowest BCUT2D eigenvalue weighted by atomic mass is 10.1. The summed E-state index contributed by atoms with van der Waals surface area (Å²) < 4.78 is 53.6. The predicted octanol–water partition coefficient (Wildman–Crippen LogP) is 3.78. The Labute approximate surface area is 131 Å². The van der Waals surface area contributed by atoms with E-state index in [4.69, 9.17) is 0 Å². The zero-order valence-electron chi connectivity index (χ0n) is 11.4. The van der Waals surface area contributed by atoms with Crippen molar-refractivity contribution in [1.82, 2.24) is 10.3 Å².